The molecule has 58 heavy (non-hydrogen) atoms. The molecule has 2 fully saturated rings. The van der Waals surface area contributed by atoms with Gasteiger partial charge in [0.1, 0.15) is 29.2 Å². The summed E-state index contributed by atoms with van der Waals surface area (Å²) in [4.78, 5) is 29.2. The molecule has 0 spiro atoms. The van der Waals surface area contributed by atoms with E-state index in [-0.39, 0.29) is 30.1 Å². The highest BCUT2D eigenvalue weighted by Crippen LogP contribution is 2.39. The molecule has 0 bridgehead atoms. The zero-order chi connectivity index (χ0) is 41.0. The minimum Gasteiger partial charge on any atom is -0.484 e. The smallest absolute Gasteiger partial charge is 0.320 e. The van der Waals surface area contributed by atoms with Crippen molar-refractivity contribution < 1.29 is 23.8 Å². The van der Waals surface area contributed by atoms with Crippen molar-refractivity contribution in [2.75, 3.05) is 50.0 Å². The number of carbonyl (C=O) groups is 2. The second kappa shape index (κ2) is 17.5. The molecule has 5 aromatic rings. The quantitative estimate of drug-likeness (QED) is 0.141. The van der Waals surface area contributed by atoms with Gasteiger partial charge >= 0.3 is 6.03 Å². The Balaban J connectivity index is 0.00000166. The van der Waals surface area contributed by atoms with Crippen molar-refractivity contribution in [3.63, 3.8) is 0 Å². The number of piperazine rings is 1. The number of pyridine rings is 1. The zero-order valence-corrected chi connectivity index (χ0v) is 34.1. The molecule has 14 nitrogen and oxygen atoms in total. The normalized spacial score (nSPS) is 20.2. The molecular formula is C43H55FN10O4. The average molecular weight is 795 g/mol. The van der Waals surface area contributed by atoms with Crippen LogP contribution in [-0.2, 0) is 16.8 Å². The first-order chi connectivity index (χ1) is 27.9. The SMILES string of the molecule is C[C@H]1CCCCN1c1nnc2ccc(O[C@@H]3CC[C@H](NC(=O)Nc4cc(C(C)(C)C)nn4-c4cc(CN5CCN(C)CC5)ccc4F)c4ccccc43)cn12.O=CO. The number of carbonyl (C=O) groups excluding carboxylic acids is 1. The van der Waals surface area contributed by atoms with Gasteiger partial charge in [-0.05, 0) is 87.0 Å². The van der Waals surface area contributed by atoms with E-state index in [9.17, 15) is 4.79 Å². The molecule has 2 aromatic carbocycles. The van der Waals surface area contributed by atoms with Gasteiger partial charge in [-0.25, -0.2) is 13.9 Å². The number of rotatable bonds is 8. The predicted molar refractivity (Wildman–Crippen MR) is 221 cm³/mol. The summed E-state index contributed by atoms with van der Waals surface area (Å²) in [7, 11) is 2.13. The Kier molecular flexibility index (Phi) is 12.3. The molecule has 3 N–H and O–H groups in total. The standard InChI is InChI=1S/C42H53FN10O2.CH2O2/c1-28-10-8-9-19-51(28)41-47-46-38-18-14-30(27-52(38)41)55-36-17-16-34(31-11-6-7-12-32(31)36)44-40(54)45-39-25-37(42(2,3)4)48-53(39)35-24-29(13-15-33(35)43)26-50-22-20-49(5)21-23-50;2-1-3/h6-7,11-15,18,24-25,27-28,34,36H,8-10,16-17,19-23,26H2,1-5H3,(H2,44,45,54);1H,(H,2,3)/t28-,34-,36+;/m0./s1. The average Bonchev–Trinajstić information content (AvgIpc) is 3.82. The van der Waals surface area contributed by atoms with E-state index in [4.69, 9.17) is 19.7 Å². The highest BCUT2D eigenvalue weighted by atomic mass is 19.1. The third-order valence-corrected chi connectivity index (χ3v) is 11.4. The number of piperidine rings is 1. The second-order valence-corrected chi connectivity index (χ2v) is 16.6. The van der Waals surface area contributed by atoms with Crippen LogP contribution in [0.3, 0.4) is 0 Å². The summed E-state index contributed by atoms with van der Waals surface area (Å²) in [5, 5.41) is 26.9. The first kappa shape index (κ1) is 40.6. The first-order valence-corrected chi connectivity index (χ1v) is 20.2. The van der Waals surface area contributed by atoms with Crippen molar-refractivity contribution in [3.05, 3.63) is 95.1 Å². The van der Waals surface area contributed by atoms with Gasteiger partial charge in [0.15, 0.2) is 5.65 Å². The van der Waals surface area contributed by atoms with E-state index in [1.165, 1.54) is 17.2 Å². The lowest BCUT2D eigenvalue weighted by Crippen LogP contribution is -2.43. The summed E-state index contributed by atoms with van der Waals surface area (Å²) < 4.78 is 25.8. The fourth-order valence-corrected chi connectivity index (χ4v) is 8.12. The number of ether oxygens (including phenoxy) is 1. The van der Waals surface area contributed by atoms with E-state index in [0.717, 1.165) is 91.8 Å². The summed E-state index contributed by atoms with van der Waals surface area (Å²) in [5.41, 5.74) is 4.56. The minimum atomic E-state index is -0.401. The molecule has 3 atom stereocenters. The van der Waals surface area contributed by atoms with Gasteiger partial charge in [0.2, 0.25) is 5.95 Å². The van der Waals surface area contributed by atoms with E-state index < -0.39 is 5.82 Å². The molecule has 3 aromatic heterocycles. The number of anilines is 2. The van der Waals surface area contributed by atoms with Crippen molar-refractivity contribution in [2.24, 2.45) is 0 Å². The Morgan fingerprint density at radius 1 is 0.966 bits per heavy atom. The van der Waals surface area contributed by atoms with Gasteiger partial charge in [-0.3, -0.25) is 19.4 Å². The number of benzene rings is 2. The van der Waals surface area contributed by atoms with Crippen LogP contribution in [0.4, 0.5) is 21.0 Å². The number of urea groups is 1. The number of likely N-dealkylation sites (N-methyl/N-ethyl adjacent to an activating group) is 1. The van der Waals surface area contributed by atoms with Crippen molar-refractivity contribution in [3.8, 4) is 11.4 Å². The van der Waals surface area contributed by atoms with Crippen molar-refractivity contribution in [2.45, 2.75) is 89.9 Å². The number of amides is 2. The molecule has 308 valence electrons. The van der Waals surface area contributed by atoms with Crippen molar-refractivity contribution in [1.82, 2.24) is 39.5 Å². The lowest BCUT2D eigenvalue weighted by Gasteiger charge is -2.33. The van der Waals surface area contributed by atoms with E-state index in [2.05, 4.69) is 82.4 Å². The third kappa shape index (κ3) is 9.10. The Labute approximate surface area is 339 Å². The van der Waals surface area contributed by atoms with Crippen LogP contribution in [-0.4, -0.2) is 97.6 Å². The molecule has 0 saturated carbocycles. The van der Waals surface area contributed by atoms with Gasteiger partial charge in [0, 0.05) is 56.8 Å². The third-order valence-electron chi connectivity index (χ3n) is 11.4. The Hall–Kier alpha value is -5.54. The number of nitrogens with one attached hydrogen (secondary N) is 2. The van der Waals surface area contributed by atoms with Crippen LogP contribution in [0.15, 0.2) is 66.9 Å². The van der Waals surface area contributed by atoms with Crippen molar-refractivity contribution in [1.29, 1.82) is 0 Å². The maximum atomic E-state index is 15.6. The Bertz CT molecular complexity index is 2210. The maximum Gasteiger partial charge on any atom is 0.320 e. The number of hydrogen-bond acceptors (Lipinski definition) is 9. The summed E-state index contributed by atoms with van der Waals surface area (Å²) >= 11 is 0. The van der Waals surface area contributed by atoms with Gasteiger partial charge in [-0.1, -0.05) is 51.1 Å². The van der Waals surface area contributed by atoms with E-state index in [0.29, 0.717) is 30.4 Å². The molecule has 0 unspecified atom stereocenters. The first-order valence-electron chi connectivity index (χ1n) is 20.2. The number of nitrogens with zero attached hydrogens (tertiary/aromatic N) is 8. The fraction of sp³-hybridized carbons (Fsp3) is 0.465. The van der Waals surface area contributed by atoms with Crippen LogP contribution in [0, 0.1) is 5.82 Å². The van der Waals surface area contributed by atoms with Crippen LogP contribution in [0.2, 0.25) is 0 Å². The Morgan fingerprint density at radius 2 is 1.72 bits per heavy atom. The van der Waals surface area contributed by atoms with Crippen LogP contribution in [0.25, 0.3) is 11.3 Å². The van der Waals surface area contributed by atoms with Crippen LogP contribution in [0.1, 0.15) is 94.3 Å². The van der Waals surface area contributed by atoms with E-state index in [1.807, 2.05) is 53.1 Å². The minimum absolute atomic E-state index is 0.194. The van der Waals surface area contributed by atoms with Gasteiger partial charge in [-0.15, -0.1) is 10.2 Å². The molecule has 8 rings (SSSR count). The number of hydrogen-bond donors (Lipinski definition) is 3. The molecule has 2 saturated heterocycles. The summed E-state index contributed by atoms with van der Waals surface area (Å²) in [5.74, 6) is 1.60. The van der Waals surface area contributed by atoms with Crippen LogP contribution < -0.4 is 20.3 Å². The van der Waals surface area contributed by atoms with Gasteiger partial charge in [-0.2, -0.15) is 5.10 Å². The Morgan fingerprint density at radius 3 is 2.47 bits per heavy atom. The highest BCUT2D eigenvalue weighted by molar-refractivity contribution is 5.89. The van der Waals surface area contributed by atoms with Gasteiger partial charge in [0.05, 0.1) is 17.9 Å². The summed E-state index contributed by atoms with van der Waals surface area (Å²) in [6, 6.07) is 18.8. The molecule has 1 aliphatic carbocycles. The number of halogens is 1. The largest absolute Gasteiger partial charge is 0.484 e. The predicted octanol–water partition coefficient (Wildman–Crippen LogP) is 6.96. The molecular weight excluding hydrogens is 740 g/mol. The molecule has 15 heteroatoms. The summed E-state index contributed by atoms with van der Waals surface area (Å²) in [6.07, 6.45) is 6.70. The number of aromatic nitrogens is 5. The maximum absolute atomic E-state index is 15.6. The number of carboxylic acid groups (broad SMARTS) is 1. The van der Waals surface area contributed by atoms with E-state index >= 15 is 4.39 Å². The number of fused-ring (bicyclic) bond motifs is 2. The van der Waals surface area contributed by atoms with Crippen molar-refractivity contribution >= 4 is 29.9 Å². The topological polar surface area (TPSA) is 145 Å². The monoisotopic (exact) mass is 794 g/mol. The molecule has 2 aliphatic heterocycles. The molecule has 3 aliphatic rings. The fourth-order valence-electron chi connectivity index (χ4n) is 8.12. The lowest BCUT2D eigenvalue weighted by atomic mass is 9.85. The molecule has 2 amide bonds. The van der Waals surface area contributed by atoms with E-state index in [1.54, 1.807) is 0 Å². The summed E-state index contributed by atoms with van der Waals surface area (Å²) in [6.45, 7) is 13.8. The van der Waals surface area contributed by atoms with Crippen LogP contribution in [0.5, 0.6) is 5.75 Å². The van der Waals surface area contributed by atoms with Gasteiger partial charge in [0.25, 0.3) is 6.47 Å². The van der Waals surface area contributed by atoms with Crippen LogP contribution >= 0.6 is 0 Å². The molecule has 0 radical (unpaired) electrons. The molecule has 5 heterocycles. The zero-order valence-electron chi connectivity index (χ0n) is 34.1. The lowest BCUT2D eigenvalue weighted by molar-refractivity contribution is -0.122. The highest BCUT2D eigenvalue weighted by Gasteiger charge is 2.31. The second-order valence-electron chi connectivity index (χ2n) is 16.6. The van der Waals surface area contributed by atoms with Gasteiger partial charge < -0.3 is 25.0 Å².